The van der Waals surface area contributed by atoms with E-state index < -0.39 is 0 Å². The molecule has 4 rings (SSSR count). The van der Waals surface area contributed by atoms with Gasteiger partial charge in [0.1, 0.15) is 0 Å². The highest BCUT2D eigenvalue weighted by Crippen LogP contribution is 2.39. The van der Waals surface area contributed by atoms with E-state index in [0.29, 0.717) is 6.04 Å². The summed E-state index contributed by atoms with van der Waals surface area (Å²) >= 11 is 0. The van der Waals surface area contributed by atoms with E-state index in [1.54, 1.807) is 0 Å². The number of para-hydroxylation sites is 1. The molecule has 1 aromatic carbocycles. The van der Waals surface area contributed by atoms with Crippen LogP contribution in [-0.4, -0.2) is 17.1 Å². The first-order valence-corrected chi connectivity index (χ1v) is 7.86. The summed E-state index contributed by atoms with van der Waals surface area (Å²) in [7, 11) is 0. The molecular formula is C18H21N3. The van der Waals surface area contributed by atoms with Crippen molar-refractivity contribution in [1.29, 1.82) is 0 Å². The average Bonchev–Trinajstić information content (AvgIpc) is 3.27. The van der Waals surface area contributed by atoms with Crippen molar-refractivity contribution in [2.45, 2.75) is 44.8 Å². The number of pyridine rings is 1. The zero-order valence-corrected chi connectivity index (χ0v) is 12.4. The number of nitrogens with zero attached hydrogens (tertiary/aromatic N) is 2. The number of fused-ring (bicyclic) bond motifs is 1. The maximum absolute atomic E-state index is 4.37. The van der Waals surface area contributed by atoms with Crippen LogP contribution in [0.2, 0.25) is 0 Å². The Morgan fingerprint density at radius 2 is 2.05 bits per heavy atom. The first-order valence-electron chi connectivity index (χ1n) is 7.86. The first-order chi connectivity index (χ1) is 10.3. The van der Waals surface area contributed by atoms with Gasteiger partial charge in [-0.1, -0.05) is 18.2 Å². The molecule has 0 saturated heterocycles. The van der Waals surface area contributed by atoms with Crippen LogP contribution >= 0.6 is 0 Å². The van der Waals surface area contributed by atoms with E-state index >= 15 is 0 Å². The molecule has 3 nitrogen and oxygen atoms in total. The second-order valence-corrected chi connectivity index (χ2v) is 6.21. The van der Waals surface area contributed by atoms with E-state index in [9.17, 15) is 0 Å². The van der Waals surface area contributed by atoms with Gasteiger partial charge in [-0.05, 0) is 49.4 Å². The van der Waals surface area contributed by atoms with Gasteiger partial charge in [-0.15, -0.1) is 0 Å². The minimum Gasteiger partial charge on any atom is -0.337 e. The SMILES string of the molecule is CC1Cc2ccccc2N1c1cnccc1CNC1CC1. The Balaban J connectivity index is 1.69. The summed E-state index contributed by atoms with van der Waals surface area (Å²) in [6.07, 6.45) is 7.68. The highest BCUT2D eigenvalue weighted by molar-refractivity contribution is 5.72. The molecule has 1 aliphatic heterocycles. The molecule has 2 aromatic rings. The van der Waals surface area contributed by atoms with E-state index in [-0.39, 0.29) is 0 Å². The molecule has 108 valence electrons. The van der Waals surface area contributed by atoms with Crippen LogP contribution in [0.15, 0.2) is 42.7 Å². The molecule has 1 saturated carbocycles. The third-order valence-electron chi connectivity index (χ3n) is 4.51. The molecule has 1 N–H and O–H groups in total. The van der Waals surface area contributed by atoms with Crippen molar-refractivity contribution in [3.8, 4) is 0 Å². The second-order valence-electron chi connectivity index (χ2n) is 6.21. The summed E-state index contributed by atoms with van der Waals surface area (Å²) in [4.78, 5) is 6.82. The van der Waals surface area contributed by atoms with Gasteiger partial charge in [-0.2, -0.15) is 0 Å². The van der Waals surface area contributed by atoms with E-state index in [1.165, 1.54) is 35.3 Å². The van der Waals surface area contributed by atoms with Crippen LogP contribution in [0.1, 0.15) is 30.9 Å². The van der Waals surface area contributed by atoms with Gasteiger partial charge in [0, 0.05) is 30.5 Å². The van der Waals surface area contributed by atoms with Crippen LogP contribution in [0.4, 0.5) is 11.4 Å². The number of rotatable bonds is 4. The lowest BCUT2D eigenvalue weighted by Gasteiger charge is -2.27. The molecule has 1 aromatic heterocycles. The molecule has 2 aliphatic rings. The Hall–Kier alpha value is -1.87. The molecule has 1 fully saturated rings. The predicted molar refractivity (Wildman–Crippen MR) is 85.8 cm³/mol. The largest absolute Gasteiger partial charge is 0.337 e. The number of benzene rings is 1. The Morgan fingerprint density at radius 1 is 1.19 bits per heavy atom. The average molecular weight is 279 g/mol. The fraction of sp³-hybridized carbons (Fsp3) is 0.389. The van der Waals surface area contributed by atoms with Crippen LogP contribution in [0.3, 0.4) is 0 Å². The van der Waals surface area contributed by atoms with E-state index in [4.69, 9.17) is 0 Å². The number of hydrogen-bond acceptors (Lipinski definition) is 3. The van der Waals surface area contributed by atoms with Gasteiger partial charge in [0.25, 0.3) is 0 Å². The van der Waals surface area contributed by atoms with Gasteiger partial charge in [0.15, 0.2) is 0 Å². The quantitative estimate of drug-likeness (QED) is 0.929. The van der Waals surface area contributed by atoms with Crippen LogP contribution in [0, 0.1) is 0 Å². The minimum atomic E-state index is 0.492. The summed E-state index contributed by atoms with van der Waals surface area (Å²) in [5.41, 5.74) is 5.38. The topological polar surface area (TPSA) is 28.2 Å². The van der Waals surface area contributed by atoms with Gasteiger partial charge in [0.2, 0.25) is 0 Å². The van der Waals surface area contributed by atoms with E-state index in [0.717, 1.165) is 19.0 Å². The normalized spacial score (nSPS) is 20.6. The van der Waals surface area contributed by atoms with Gasteiger partial charge in [0.05, 0.1) is 11.9 Å². The summed E-state index contributed by atoms with van der Waals surface area (Å²) in [5.74, 6) is 0. The maximum atomic E-state index is 4.37. The number of hydrogen-bond donors (Lipinski definition) is 1. The van der Waals surface area contributed by atoms with Crippen molar-refractivity contribution < 1.29 is 0 Å². The van der Waals surface area contributed by atoms with Gasteiger partial charge in [-0.25, -0.2) is 0 Å². The van der Waals surface area contributed by atoms with Crippen molar-refractivity contribution in [3.63, 3.8) is 0 Å². The maximum Gasteiger partial charge on any atom is 0.0645 e. The second kappa shape index (κ2) is 5.15. The van der Waals surface area contributed by atoms with Crippen molar-refractivity contribution in [1.82, 2.24) is 10.3 Å². The smallest absolute Gasteiger partial charge is 0.0645 e. The van der Waals surface area contributed by atoms with Crippen molar-refractivity contribution >= 4 is 11.4 Å². The van der Waals surface area contributed by atoms with Crippen molar-refractivity contribution in [2.24, 2.45) is 0 Å². The number of nitrogens with one attached hydrogen (secondary N) is 1. The van der Waals surface area contributed by atoms with Gasteiger partial charge < -0.3 is 10.2 Å². The predicted octanol–water partition coefficient (Wildman–Crippen LogP) is 3.42. The van der Waals surface area contributed by atoms with Gasteiger partial charge in [-0.3, -0.25) is 4.98 Å². The zero-order chi connectivity index (χ0) is 14.2. The standard InChI is InChI=1S/C18H21N3/c1-13-10-14-4-2-3-5-17(14)21(13)18-12-19-9-8-15(18)11-20-16-6-7-16/h2-5,8-9,12-13,16,20H,6-7,10-11H2,1H3. The summed E-state index contributed by atoms with van der Waals surface area (Å²) in [6, 6.07) is 12.1. The highest BCUT2D eigenvalue weighted by atomic mass is 15.2. The van der Waals surface area contributed by atoms with E-state index in [2.05, 4.69) is 52.5 Å². The third-order valence-corrected chi connectivity index (χ3v) is 4.51. The summed E-state index contributed by atoms with van der Waals surface area (Å²) in [6.45, 7) is 3.24. The highest BCUT2D eigenvalue weighted by Gasteiger charge is 2.28. The molecule has 1 unspecified atom stereocenters. The lowest BCUT2D eigenvalue weighted by molar-refractivity contribution is 0.681. The number of aromatic nitrogens is 1. The molecule has 3 heteroatoms. The molecule has 1 atom stereocenters. The molecule has 0 spiro atoms. The van der Waals surface area contributed by atoms with Crippen LogP contribution < -0.4 is 10.2 Å². The monoisotopic (exact) mass is 279 g/mol. The Bertz CT molecular complexity index is 648. The van der Waals surface area contributed by atoms with E-state index in [1.807, 2.05) is 12.4 Å². The molecule has 2 heterocycles. The van der Waals surface area contributed by atoms with Crippen LogP contribution in [0.5, 0.6) is 0 Å². The lowest BCUT2D eigenvalue weighted by Crippen LogP contribution is -2.26. The van der Waals surface area contributed by atoms with Crippen LogP contribution in [0.25, 0.3) is 0 Å². The van der Waals surface area contributed by atoms with Crippen LogP contribution in [-0.2, 0) is 13.0 Å². The molecule has 21 heavy (non-hydrogen) atoms. The van der Waals surface area contributed by atoms with Gasteiger partial charge >= 0.3 is 0 Å². The minimum absolute atomic E-state index is 0.492. The molecule has 0 amide bonds. The first kappa shape index (κ1) is 12.8. The lowest BCUT2D eigenvalue weighted by atomic mass is 10.1. The number of anilines is 2. The summed E-state index contributed by atoms with van der Waals surface area (Å²) in [5, 5.41) is 3.62. The molecule has 1 aliphatic carbocycles. The molecule has 0 bridgehead atoms. The Labute approximate surface area is 126 Å². The van der Waals surface area contributed by atoms with Crippen molar-refractivity contribution in [3.05, 3.63) is 53.9 Å². The zero-order valence-electron chi connectivity index (χ0n) is 12.4. The molecule has 0 radical (unpaired) electrons. The molecular weight excluding hydrogens is 258 g/mol. The fourth-order valence-electron chi connectivity index (χ4n) is 3.26. The fourth-order valence-corrected chi connectivity index (χ4v) is 3.26. The Morgan fingerprint density at radius 3 is 2.90 bits per heavy atom. The third kappa shape index (κ3) is 2.42. The van der Waals surface area contributed by atoms with Crippen molar-refractivity contribution in [2.75, 3.05) is 4.90 Å². The Kier molecular flexibility index (Phi) is 3.15. The summed E-state index contributed by atoms with van der Waals surface area (Å²) < 4.78 is 0.